The molecule has 0 spiro atoms. The summed E-state index contributed by atoms with van der Waals surface area (Å²) in [4.78, 5) is 33.0. The Morgan fingerprint density at radius 3 is 2.66 bits per heavy atom. The quantitative estimate of drug-likeness (QED) is 0.652. The molecule has 2 heterocycles. The number of carbonyl (C=O) groups excluding carboxylic acids is 2. The van der Waals surface area contributed by atoms with Gasteiger partial charge in [-0.05, 0) is 49.6 Å². The Morgan fingerprint density at radius 1 is 1.17 bits per heavy atom. The molecular weight excluding hydrogens is 391 g/mol. The van der Waals surface area contributed by atoms with Crippen molar-refractivity contribution in [2.24, 2.45) is 0 Å². The van der Waals surface area contributed by atoms with Gasteiger partial charge in [-0.3, -0.25) is 14.6 Å². The molecule has 1 fully saturated rings. The molecule has 0 saturated heterocycles. The topological polar surface area (TPSA) is 84.0 Å². The molecule has 0 aliphatic heterocycles. The number of amides is 2. The summed E-state index contributed by atoms with van der Waals surface area (Å²) in [6, 6.07) is 6.37. The van der Waals surface area contributed by atoms with Crippen LogP contribution in [0.3, 0.4) is 0 Å². The number of halogens is 1. The number of rotatable bonds is 6. The molecule has 6 nitrogen and oxygen atoms in total. The van der Waals surface area contributed by atoms with Crippen LogP contribution < -0.4 is 10.6 Å². The summed E-state index contributed by atoms with van der Waals surface area (Å²) in [5, 5.41) is 8.31. The van der Waals surface area contributed by atoms with Gasteiger partial charge in [-0.1, -0.05) is 0 Å². The maximum atomic E-state index is 14.4. The number of aromatic nitrogens is 2. The van der Waals surface area contributed by atoms with Crippen LogP contribution in [0.4, 0.5) is 4.39 Å². The van der Waals surface area contributed by atoms with E-state index in [9.17, 15) is 14.0 Å². The Balaban J connectivity index is 1.52. The van der Waals surface area contributed by atoms with Crippen LogP contribution in [0, 0.1) is 12.7 Å². The standard InChI is InChI=1S/C21H19FN4O2S/c1-12-16(8-14(9-17(12)22)21(28)26-15-3-4-15)18-5-2-13(10-24-18)20(27)25-11-19-23-6-7-29-19/h2,5-10,15H,3-4,11H2,1H3,(H,25,27)(H,26,28). The Hall–Kier alpha value is -3.13. The number of carbonyl (C=O) groups is 2. The molecular formula is C21H19FN4O2S. The normalized spacial score (nSPS) is 13.2. The summed E-state index contributed by atoms with van der Waals surface area (Å²) in [6.45, 7) is 1.99. The van der Waals surface area contributed by atoms with Crippen molar-refractivity contribution in [1.29, 1.82) is 0 Å². The van der Waals surface area contributed by atoms with Crippen LogP contribution in [0.1, 0.15) is 44.1 Å². The first-order valence-corrected chi connectivity index (χ1v) is 10.1. The van der Waals surface area contributed by atoms with E-state index in [1.807, 2.05) is 5.38 Å². The van der Waals surface area contributed by atoms with Crippen LogP contribution in [0.15, 0.2) is 42.0 Å². The summed E-state index contributed by atoms with van der Waals surface area (Å²) in [5.41, 5.74) is 2.09. The van der Waals surface area contributed by atoms with Gasteiger partial charge in [0, 0.05) is 34.9 Å². The predicted molar refractivity (Wildman–Crippen MR) is 108 cm³/mol. The van der Waals surface area contributed by atoms with E-state index < -0.39 is 5.82 Å². The van der Waals surface area contributed by atoms with Crippen molar-refractivity contribution in [2.75, 3.05) is 0 Å². The Bertz CT molecular complexity index is 1050. The molecule has 1 aromatic carbocycles. The lowest BCUT2D eigenvalue weighted by atomic mass is 10.00. The first-order chi connectivity index (χ1) is 14.0. The maximum absolute atomic E-state index is 14.4. The monoisotopic (exact) mass is 410 g/mol. The number of hydrogen-bond acceptors (Lipinski definition) is 5. The minimum Gasteiger partial charge on any atom is -0.349 e. The third-order valence-electron chi connectivity index (χ3n) is 4.70. The van der Waals surface area contributed by atoms with Gasteiger partial charge in [0.1, 0.15) is 10.8 Å². The largest absolute Gasteiger partial charge is 0.349 e. The molecule has 0 radical (unpaired) electrons. The van der Waals surface area contributed by atoms with Crippen molar-refractivity contribution < 1.29 is 14.0 Å². The lowest BCUT2D eigenvalue weighted by Gasteiger charge is -2.11. The van der Waals surface area contributed by atoms with Gasteiger partial charge in [-0.25, -0.2) is 9.37 Å². The highest BCUT2D eigenvalue weighted by Crippen LogP contribution is 2.26. The van der Waals surface area contributed by atoms with Crippen LogP contribution in [0.5, 0.6) is 0 Å². The third kappa shape index (κ3) is 4.48. The van der Waals surface area contributed by atoms with Crippen molar-refractivity contribution in [1.82, 2.24) is 20.6 Å². The zero-order chi connectivity index (χ0) is 20.4. The SMILES string of the molecule is Cc1c(F)cc(C(=O)NC2CC2)cc1-c1ccc(C(=O)NCc2nccs2)cn1. The van der Waals surface area contributed by atoms with Gasteiger partial charge in [0.05, 0.1) is 17.8 Å². The minimum atomic E-state index is -0.462. The number of nitrogens with one attached hydrogen (secondary N) is 2. The smallest absolute Gasteiger partial charge is 0.253 e. The molecule has 0 bridgehead atoms. The van der Waals surface area contributed by atoms with Crippen LogP contribution >= 0.6 is 11.3 Å². The molecule has 1 saturated carbocycles. The second-order valence-electron chi connectivity index (χ2n) is 6.92. The molecule has 0 atom stereocenters. The van der Waals surface area contributed by atoms with E-state index in [0.29, 0.717) is 28.9 Å². The molecule has 148 valence electrons. The third-order valence-corrected chi connectivity index (χ3v) is 5.48. The molecule has 8 heteroatoms. The maximum Gasteiger partial charge on any atom is 0.253 e. The van der Waals surface area contributed by atoms with E-state index >= 15 is 0 Å². The summed E-state index contributed by atoms with van der Waals surface area (Å²) < 4.78 is 14.4. The Labute approximate surface area is 171 Å². The molecule has 2 aromatic heterocycles. The number of benzene rings is 1. The Morgan fingerprint density at radius 2 is 2.00 bits per heavy atom. The van der Waals surface area contributed by atoms with E-state index in [1.54, 1.807) is 31.3 Å². The van der Waals surface area contributed by atoms with Crippen molar-refractivity contribution in [3.63, 3.8) is 0 Å². The van der Waals surface area contributed by atoms with Gasteiger partial charge in [-0.2, -0.15) is 0 Å². The van der Waals surface area contributed by atoms with E-state index in [2.05, 4.69) is 20.6 Å². The van der Waals surface area contributed by atoms with Crippen molar-refractivity contribution in [3.05, 3.63) is 69.6 Å². The fourth-order valence-electron chi connectivity index (χ4n) is 2.86. The molecule has 2 amide bonds. The Kier molecular flexibility index (Phi) is 5.35. The molecule has 0 unspecified atom stereocenters. The van der Waals surface area contributed by atoms with Crippen molar-refractivity contribution in [2.45, 2.75) is 32.4 Å². The minimum absolute atomic E-state index is 0.190. The van der Waals surface area contributed by atoms with Crippen molar-refractivity contribution in [3.8, 4) is 11.3 Å². The predicted octanol–water partition coefficient (Wildman–Crippen LogP) is 3.47. The van der Waals surface area contributed by atoms with E-state index in [-0.39, 0.29) is 23.4 Å². The second-order valence-corrected chi connectivity index (χ2v) is 7.90. The second kappa shape index (κ2) is 8.08. The molecule has 4 rings (SSSR count). The lowest BCUT2D eigenvalue weighted by molar-refractivity contribution is 0.0942. The van der Waals surface area contributed by atoms with Gasteiger partial charge in [0.2, 0.25) is 0 Å². The van der Waals surface area contributed by atoms with Crippen LogP contribution in [-0.4, -0.2) is 27.8 Å². The van der Waals surface area contributed by atoms with Gasteiger partial charge in [0.15, 0.2) is 0 Å². The zero-order valence-electron chi connectivity index (χ0n) is 15.7. The highest BCUT2D eigenvalue weighted by atomic mass is 32.1. The van der Waals surface area contributed by atoms with E-state index in [1.165, 1.54) is 23.6 Å². The lowest BCUT2D eigenvalue weighted by Crippen LogP contribution is -2.25. The van der Waals surface area contributed by atoms with Crippen LogP contribution in [0.25, 0.3) is 11.3 Å². The highest BCUT2D eigenvalue weighted by molar-refractivity contribution is 7.09. The molecule has 1 aliphatic carbocycles. The zero-order valence-corrected chi connectivity index (χ0v) is 16.6. The fraction of sp³-hybridized carbons (Fsp3) is 0.238. The van der Waals surface area contributed by atoms with Gasteiger partial charge >= 0.3 is 0 Å². The summed E-state index contributed by atoms with van der Waals surface area (Å²) in [6.07, 6.45) is 5.05. The summed E-state index contributed by atoms with van der Waals surface area (Å²) >= 11 is 1.46. The van der Waals surface area contributed by atoms with Crippen molar-refractivity contribution >= 4 is 23.2 Å². The van der Waals surface area contributed by atoms with E-state index in [4.69, 9.17) is 0 Å². The number of hydrogen-bond donors (Lipinski definition) is 2. The average molecular weight is 410 g/mol. The number of pyridine rings is 1. The van der Waals surface area contributed by atoms with Gasteiger partial charge in [-0.15, -0.1) is 11.3 Å². The van der Waals surface area contributed by atoms with Gasteiger partial charge in [0.25, 0.3) is 11.8 Å². The molecule has 2 N–H and O–H groups in total. The number of thiazole rings is 1. The van der Waals surface area contributed by atoms with Crippen LogP contribution in [0.2, 0.25) is 0 Å². The molecule has 3 aromatic rings. The molecule has 29 heavy (non-hydrogen) atoms. The average Bonchev–Trinajstić information content (AvgIpc) is 3.38. The number of nitrogens with zero attached hydrogens (tertiary/aromatic N) is 2. The fourth-order valence-corrected chi connectivity index (χ4v) is 3.41. The summed E-state index contributed by atoms with van der Waals surface area (Å²) in [5.74, 6) is -1.01. The molecule has 1 aliphatic rings. The van der Waals surface area contributed by atoms with Crippen LogP contribution in [-0.2, 0) is 6.54 Å². The first kappa shape index (κ1) is 19.2. The van der Waals surface area contributed by atoms with Gasteiger partial charge < -0.3 is 10.6 Å². The highest BCUT2D eigenvalue weighted by Gasteiger charge is 2.24. The first-order valence-electron chi connectivity index (χ1n) is 9.25. The van der Waals surface area contributed by atoms with E-state index in [0.717, 1.165) is 17.8 Å². The summed E-state index contributed by atoms with van der Waals surface area (Å²) in [7, 11) is 0.